The van der Waals surface area contributed by atoms with Crippen molar-refractivity contribution < 1.29 is 4.68 Å². The maximum Gasteiger partial charge on any atom is 0.317 e. The number of fused-ring (bicyclic) bond motifs is 6. The first-order valence-electron chi connectivity index (χ1n) is 8.75. The summed E-state index contributed by atoms with van der Waals surface area (Å²) in [4.78, 5) is 4.94. The van der Waals surface area contributed by atoms with Gasteiger partial charge in [0.25, 0.3) is 5.65 Å². The first-order valence-corrected chi connectivity index (χ1v) is 8.75. The first-order chi connectivity index (χ1) is 11.5. The lowest BCUT2D eigenvalue weighted by Gasteiger charge is -2.14. The highest BCUT2D eigenvalue weighted by molar-refractivity contribution is 6.12. The Bertz CT molecular complexity index is 1070. The van der Waals surface area contributed by atoms with E-state index < -0.39 is 0 Å². The monoisotopic (exact) mass is 318 g/mol. The fourth-order valence-corrected chi connectivity index (χ4v) is 3.89. The third kappa shape index (κ3) is 1.97. The molecule has 0 amide bonds. The van der Waals surface area contributed by atoms with Crippen LogP contribution in [0.15, 0.2) is 42.5 Å². The van der Waals surface area contributed by atoms with E-state index in [1.54, 1.807) is 0 Å². The number of para-hydroxylation sites is 1. The predicted octanol–water partition coefficient (Wildman–Crippen LogP) is 4.94. The lowest BCUT2D eigenvalue weighted by Crippen LogP contribution is -2.44. The van der Waals surface area contributed by atoms with Gasteiger partial charge in [-0.25, -0.2) is 0 Å². The Morgan fingerprint density at radius 1 is 0.875 bits per heavy atom. The Morgan fingerprint density at radius 2 is 1.54 bits per heavy atom. The SMILES string of the molecule is Cc1nc2c3ccccc3c3cccc(C(C)C)c3n2[n+]1C(C)C. The predicted molar refractivity (Wildman–Crippen MR) is 99.6 cm³/mol. The largest absolute Gasteiger partial charge is 0.317 e. The van der Waals surface area contributed by atoms with E-state index in [0.717, 1.165) is 11.5 Å². The third-order valence-corrected chi connectivity index (χ3v) is 4.86. The van der Waals surface area contributed by atoms with Crippen LogP contribution >= 0.6 is 0 Å². The van der Waals surface area contributed by atoms with E-state index in [2.05, 4.69) is 86.3 Å². The molecule has 0 spiro atoms. The Kier molecular flexibility index (Phi) is 3.34. The molecule has 0 aliphatic rings. The number of aromatic nitrogens is 3. The Balaban J connectivity index is 2.40. The first kappa shape index (κ1) is 15.1. The molecule has 0 aliphatic heterocycles. The molecule has 0 saturated carbocycles. The molecule has 0 saturated heterocycles. The van der Waals surface area contributed by atoms with Gasteiger partial charge in [-0.05, 0) is 41.8 Å². The third-order valence-electron chi connectivity index (χ3n) is 4.86. The van der Waals surface area contributed by atoms with Gasteiger partial charge in [-0.15, -0.1) is 9.20 Å². The van der Waals surface area contributed by atoms with Crippen LogP contribution in [0.2, 0.25) is 0 Å². The van der Waals surface area contributed by atoms with Crippen LogP contribution in [0.25, 0.3) is 27.3 Å². The normalized spacial score (nSPS) is 12.3. The molecular formula is C21H24N3+. The molecule has 0 bridgehead atoms. The molecule has 3 nitrogen and oxygen atoms in total. The van der Waals surface area contributed by atoms with Crippen LogP contribution in [0.4, 0.5) is 0 Å². The van der Waals surface area contributed by atoms with Crippen LogP contribution in [0, 0.1) is 6.92 Å². The molecule has 4 rings (SSSR count). The van der Waals surface area contributed by atoms with Crippen molar-refractivity contribution in [3.05, 3.63) is 53.9 Å². The maximum atomic E-state index is 4.94. The minimum Gasteiger partial charge on any atom is -0.146 e. The van der Waals surface area contributed by atoms with Crippen molar-refractivity contribution in [2.45, 2.75) is 46.6 Å². The van der Waals surface area contributed by atoms with E-state index in [1.807, 2.05) is 0 Å². The van der Waals surface area contributed by atoms with Gasteiger partial charge in [0.1, 0.15) is 6.04 Å². The van der Waals surface area contributed by atoms with Gasteiger partial charge in [0.15, 0.2) is 0 Å². The number of nitrogens with zero attached hydrogens (tertiary/aromatic N) is 3. The fourth-order valence-electron chi connectivity index (χ4n) is 3.89. The molecule has 0 atom stereocenters. The van der Waals surface area contributed by atoms with Crippen molar-refractivity contribution >= 4 is 27.3 Å². The average molecular weight is 318 g/mol. The molecule has 4 aromatic rings. The number of benzene rings is 2. The van der Waals surface area contributed by atoms with E-state index in [0.29, 0.717) is 12.0 Å². The molecule has 2 aromatic heterocycles. The number of aryl methyl sites for hydroxylation is 1. The average Bonchev–Trinajstić information content (AvgIpc) is 2.91. The second-order valence-corrected chi connectivity index (χ2v) is 7.18. The molecule has 24 heavy (non-hydrogen) atoms. The molecular weight excluding hydrogens is 294 g/mol. The van der Waals surface area contributed by atoms with Gasteiger partial charge < -0.3 is 0 Å². The smallest absolute Gasteiger partial charge is 0.146 e. The van der Waals surface area contributed by atoms with Crippen LogP contribution in [0.3, 0.4) is 0 Å². The molecule has 3 heteroatoms. The molecule has 122 valence electrons. The second-order valence-electron chi connectivity index (χ2n) is 7.18. The van der Waals surface area contributed by atoms with Gasteiger partial charge >= 0.3 is 5.82 Å². The van der Waals surface area contributed by atoms with E-state index in [1.165, 1.54) is 27.2 Å². The summed E-state index contributed by atoms with van der Waals surface area (Å²) in [5, 5.41) is 3.80. The van der Waals surface area contributed by atoms with Gasteiger partial charge in [-0.2, -0.15) is 0 Å². The Morgan fingerprint density at radius 3 is 2.21 bits per heavy atom. The lowest BCUT2D eigenvalue weighted by atomic mass is 9.97. The molecule has 2 aromatic carbocycles. The minimum atomic E-state index is 0.351. The van der Waals surface area contributed by atoms with E-state index >= 15 is 0 Å². The summed E-state index contributed by atoms with van der Waals surface area (Å²) in [7, 11) is 0. The van der Waals surface area contributed by atoms with Crippen LogP contribution in [0.5, 0.6) is 0 Å². The summed E-state index contributed by atoms with van der Waals surface area (Å²) in [6.07, 6.45) is 0. The summed E-state index contributed by atoms with van der Waals surface area (Å²) in [6, 6.07) is 15.6. The molecule has 0 N–H and O–H groups in total. The number of hydrogen-bond acceptors (Lipinski definition) is 1. The second kappa shape index (κ2) is 5.30. The summed E-state index contributed by atoms with van der Waals surface area (Å²) in [5.41, 5.74) is 3.71. The highest BCUT2D eigenvalue weighted by Gasteiger charge is 2.25. The van der Waals surface area contributed by atoms with E-state index in [9.17, 15) is 0 Å². The van der Waals surface area contributed by atoms with Crippen LogP contribution in [0.1, 0.15) is 51.0 Å². The molecule has 0 fully saturated rings. The van der Waals surface area contributed by atoms with Crippen LogP contribution < -0.4 is 4.68 Å². The van der Waals surface area contributed by atoms with Gasteiger partial charge in [0, 0.05) is 12.3 Å². The van der Waals surface area contributed by atoms with Crippen molar-refractivity contribution in [3.8, 4) is 0 Å². The molecule has 0 unspecified atom stereocenters. The zero-order chi connectivity index (χ0) is 17.0. The van der Waals surface area contributed by atoms with Gasteiger partial charge in [0.05, 0.1) is 10.9 Å². The van der Waals surface area contributed by atoms with Crippen molar-refractivity contribution in [2.75, 3.05) is 0 Å². The van der Waals surface area contributed by atoms with Crippen molar-refractivity contribution in [1.82, 2.24) is 9.50 Å². The van der Waals surface area contributed by atoms with Crippen LogP contribution in [-0.4, -0.2) is 9.50 Å². The van der Waals surface area contributed by atoms with Crippen molar-refractivity contribution in [1.29, 1.82) is 0 Å². The quantitative estimate of drug-likeness (QED) is 0.379. The van der Waals surface area contributed by atoms with Crippen LogP contribution in [-0.2, 0) is 0 Å². The fraction of sp³-hybridized carbons (Fsp3) is 0.333. The summed E-state index contributed by atoms with van der Waals surface area (Å²) in [5.74, 6) is 1.52. The van der Waals surface area contributed by atoms with Gasteiger partial charge in [-0.3, -0.25) is 0 Å². The summed E-state index contributed by atoms with van der Waals surface area (Å²) in [6.45, 7) is 11.1. The topological polar surface area (TPSA) is 21.2 Å². The van der Waals surface area contributed by atoms with Crippen molar-refractivity contribution in [3.63, 3.8) is 0 Å². The number of hydrogen-bond donors (Lipinski definition) is 0. The van der Waals surface area contributed by atoms with E-state index in [-0.39, 0.29) is 0 Å². The highest BCUT2D eigenvalue weighted by atomic mass is 15.4. The number of pyridine rings is 1. The zero-order valence-electron chi connectivity index (χ0n) is 15.0. The van der Waals surface area contributed by atoms with Gasteiger partial charge in [-0.1, -0.05) is 50.2 Å². The maximum absolute atomic E-state index is 4.94. The summed E-state index contributed by atoms with van der Waals surface area (Å²) >= 11 is 0. The van der Waals surface area contributed by atoms with Crippen molar-refractivity contribution in [2.24, 2.45) is 0 Å². The number of rotatable bonds is 2. The minimum absolute atomic E-state index is 0.351. The molecule has 0 radical (unpaired) electrons. The highest BCUT2D eigenvalue weighted by Crippen LogP contribution is 2.32. The Labute approximate surface area is 142 Å². The lowest BCUT2D eigenvalue weighted by molar-refractivity contribution is -0.781. The standard InChI is InChI=1S/C21H24N3/c1-13(2)16-11-8-12-18-17-9-6-7-10-19(17)21-22-15(5)23(14(3)4)24(21)20(16)18/h6-14H,1-5H3/q+1. The Hall–Kier alpha value is -2.42. The van der Waals surface area contributed by atoms with Gasteiger partial charge in [0.2, 0.25) is 0 Å². The zero-order valence-corrected chi connectivity index (χ0v) is 15.0. The molecule has 2 heterocycles. The summed E-state index contributed by atoms with van der Waals surface area (Å²) < 4.78 is 4.66. The molecule has 0 aliphatic carbocycles. The van der Waals surface area contributed by atoms with E-state index in [4.69, 9.17) is 4.98 Å².